The Morgan fingerprint density at radius 2 is 1.73 bits per heavy atom. The quantitative estimate of drug-likeness (QED) is 0.763. The molecule has 0 aliphatic rings. The minimum Gasteiger partial charge on any atom is -0.198 e. The van der Waals surface area contributed by atoms with E-state index in [2.05, 4.69) is 21.5 Å². The molecule has 15 heavy (non-hydrogen) atoms. The van der Waals surface area contributed by atoms with Crippen molar-refractivity contribution in [1.82, 2.24) is 15.0 Å². The number of hydrogen-bond donors (Lipinski definition) is 0. The van der Waals surface area contributed by atoms with Gasteiger partial charge in [0.05, 0.1) is 0 Å². The lowest BCUT2D eigenvalue weighted by Crippen LogP contribution is -1.95. The highest BCUT2D eigenvalue weighted by Crippen LogP contribution is 2.13. The van der Waals surface area contributed by atoms with E-state index < -0.39 is 0 Å². The Morgan fingerprint density at radius 3 is 2.27 bits per heavy atom. The Hall–Kier alpha value is -1.19. The number of halogens is 2. The fourth-order valence-corrected chi connectivity index (χ4v) is 1.22. The van der Waals surface area contributed by atoms with Crippen molar-refractivity contribution in [3.05, 3.63) is 47.3 Å². The summed E-state index contributed by atoms with van der Waals surface area (Å²) in [5.41, 5.74) is 0.847. The fraction of sp³-hybridized carbons (Fsp3) is 0.100. The molecule has 3 nitrogen and oxygen atoms in total. The lowest BCUT2D eigenvalue weighted by molar-refractivity contribution is 1.01. The first-order valence-corrected chi connectivity index (χ1v) is 4.92. The molecule has 0 amide bonds. The summed E-state index contributed by atoms with van der Waals surface area (Å²) in [6.45, 7) is 5.42. The number of nitrogens with zero attached hydrogens (tertiary/aromatic N) is 3. The van der Waals surface area contributed by atoms with E-state index in [1.807, 2.05) is 19.1 Å². The van der Waals surface area contributed by atoms with Gasteiger partial charge in [0.15, 0.2) is 5.82 Å². The minimum atomic E-state index is 0.0884. The van der Waals surface area contributed by atoms with Gasteiger partial charge < -0.3 is 0 Å². The molecule has 78 valence electrons. The smallest absolute Gasteiger partial charge is 0.198 e. The van der Waals surface area contributed by atoms with Crippen molar-refractivity contribution in [1.29, 1.82) is 0 Å². The van der Waals surface area contributed by atoms with Gasteiger partial charge in [-0.15, -0.1) is 0 Å². The lowest BCUT2D eigenvalue weighted by Gasteiger charge is -1.99. The van der Waals surface area contributed by atoms with Crippen LogP contribution >= 0.6 is 23.2 Å². The summed E-state index contributed by atoms with van der Waals surface area (Å²) >= 11 is 11.3. The SMILES string of the molecule is C=C/C=C\C=C(/C)c1nc(Cl)nc(Cl)n1. The van der Waals surface area contributed by atoms with E-state index in [1.165, 1.54) is 0 Å². The summed E-state index contributed by atoms with van der Waals surface area (Å²) in [5, 5.41) is 0.177. The molecule has 1 aromatic heterocycles. The van der Waals surface area contributed by atoms with Crippen LogP contribution in [0.25, 0.3) is 5.57 Å². The average Bonchev–Trinajstić information content (AvgIpc) is 2.16. The first-order valence-electron chi connectivity index (χ1n) is 4.17. The van der Waals surface area contributed by atoms with E-state index in [0.29, 0.717) is 5.82 Å². The van der Waals surface area contributed by atoms with Crippen LogP contribution in [-0.4, -0.2) is 15.0 Å². The largest absolute Gasteiger partial charge is 0.227 e. The molecular weight excluding hydrogens is 233 g/mol. The molecule has 0 atom stereocenters. The zero-order chi connectivity index (χ0) is 11.3. The van der Waals surface area contributed by atoms with Crippen molar-refractivity contribution >= 4 is 28.8 Å². The fourth-order valence-electron chi connectivity index (χ4n) is 0.855. The molecule has 0 N–H and O–H groups in total. The second kappa shape index (κ2) is 5.63. The number of rotatable bonds is 3. The van der Waals surface area contributed by atoms with E-state index in [-0.39, 0.29) is 10.6 Å². The summed E-state index contributed by atoms with van der Waals surface area (Å²) in [6.07, 6.45) is 7.14. The molecule has 1 rings (SSSR count). The predicted octanol–water partition coefficient (Wildman–Crippen LogP) is 3.32. The molecule has 0 spiro atoms. The van der Waals surface area contributed by atoms with Crippen LogP contribution in [0.1, 0.15) is 12.7 Å². The minimum absolute atomic E-state index is 0.0884. The van der Waals surface area contributed by atoms with Gasteiger partial charge in [0.2, 0.25) is 10.6 Å². The van der Waals surface area contributed by atoms with Gasteiger partial charge >= 0.3 is 0 Å². The number of hydrogen-bond acceptors (Lipinski definition) is 3. The first-order chi connectivity index (χ1) is 7.13. The summed E-state index contributed by atoms with van der Waals surface area (Å²) in [5.74, 6) is 0.466. The van der Waals surface area contributed by atoms with Gasteiger partial charge in [-0.3, -0.25) is 0 Å². The van der Waals surface area contributed by atoms with Gasteiger partial charge in [-0.25, -0.2) is 0 Å². The molecule has 1 aromatic rings. The lowest BCUT2D eigenvalue weighted by atomic mass is 10.2. The molecule has 0 aromatic carbocycles. The third-order valence-electron chi connectivity index (χ3n) is 1.53. The highest BCUT2D eigenvalue weighted by atomic mass is 35.5. The molecule has 0 bridgehead atoms. The van der Waals surface area contributed by atoms with E-state index in [4.69, 9.17) is 23.2 Å². The van der Waals surface area contributed by atoms with E-state index >= 15 is 0 Å². The van der Waals surface area contributed by atoms with Crippen molar-refractivity contribution in [2.45, 2.75) is 6.92 Å². The van der Waals surface area contributed by atoms with Crippen LogP contribution in [-0.2, 0) is 0 Å². The van der Waals surface area contributed by atoms with Crippen molar-refractivity contribution in [2.24, 2.45) is 0 Å². The molecule has 1 heterocycles. The van der Waals surface area contributed by atoms with Crippen molar-refractivity contribution in [2.75, 3.05) is 0 Å². The maximum absolute atomic E-state index is 5.65. The standard InChI is InChI=1S/C10H9Cl2N3/c1-3-4-5-6-7(2)8-13-9(11)15-10(12)14-8/h3-6H,1H2,2H3/b5-4-,7-6+. The Labute approximate surface area is 98.2 Å². The third-order valence-corrected chi connectivity index (χ3v) is 1.87. The zero-order valence-electron chi connectivity index (χ0n) is 8.11. The second-order valence-electron chi connectivity index (χ2n) is 2.67. The molecule has 0 aliphatic heterocycles. The van der Waals surface area contributed by atoms with Crippen molar-refractivity contribution < 1.29 is 0 Å². The van der Waals surface area contributed by atoms with Crippen LogP contribution in [0.2, 0.25) is 10.6 Å². The van der Waals surface area contributed by atoms with Crippen LogP contribution in [0.5, 0.6) is 0 Å². The Kier molecular flexibility index (Phi) is 4.46. The zero-order valence-corrected chi connectivity index (χ0v) is 9.63. The van der Waals surface area contributed by atoms with Crippen LogP contribution in [0, 0.1) is 0 Å². The molecule has 5 heteroatoms. The molecule has 0 radical (unpaired) electrons. The van der Waals surface area contributed by atoms with Gasteiger partial charge in [0.1, 0.15) is 0 Å². The van der Waals surface area contributed by atoms with Crippen LogP contribution < -0.4 is 0 Å². The van der Waals surface area contributed by atoms with Gasteiger partial charge in [-0.05, 0) is 35.7 Å². The normalized spacial score (nSPS) is 12.1. The van der Waals surface area contributed by atoms with Crippen LogP contribution in [0.15, 0.2) is 30.9 Å². The van der Waals surface area contributed by atoms with Crippen LogP contribution in [0.4, 0.5) is 0 Å². The van der Waals surface area contributed by atoms with E-state index in [0.717, 1.165) is 5.57 Å². The highest BCUT2D eigenvalue weighted by molar-refractivity contribution is 6.31. The monoisotopic (exact) mass is 241 g/mol. The van der Waals surface area contributed by atoms with Crippen molar-refractivity contribution in [3.63, 3.8) is 0 Å². The summed E-state index contributed by atoms with van der Waals surface area (Å²) in [7, 11) is 0. The average molecular weight is 242 g/mol. The maximum Gasteiger partial charge on any atom is 0.227 e. The third kappa shape index (κ3) is 3.81. The summed E-state index contributed by atoms with van der Waals surface area (Å²) in [4.78, 5) is 11.5. The van der Waals surface area contributed by atoms with Gasteiger partial charge in [-0.2, -0.15) is 15.0 Å². The second-order valence-corrected chi connectivity index (χ2v) is 3.34. The van der Waals surface area contributed by atoms with Gasteiger partial charge in [0, 0.05) is 0 Å². The molecule has 0 saturated heterocycles. The molecule has 0 fully saturated rings. The maximum atomic E-state index is 5.65. The number of aromatic nitrogens is 3. The summed E-state index contributed by atoms with van der Waals surface area (Å²) in [6, 6.07) is 0. The topological polar surface area (TPSA) is 38.7 Å². The van der Waals surface area contributed by atoms with Crippen LogP contribution in [0.3, 0.4) is 0 Å². The first kappa shape index (κ1) is 11.9. The molecular formula is C10H9Cl2N3. The molecule has 0 aliphatic carbocycles. The highest BCUT2D eigenvalue weighted by Gasteiger charge is 2.03. The predicted molar refractivity (Wildman–Crippen MR) is 62.8 cm³/mol. The molecule has 0 saturated carbocycles. The van der Waals surface area contributed by atoms with Gasteiger partial charge in [-0.1, -0.05) is 30.9 Å². The molecule has 0 unspecified atom stereocenters. The Balaban J connectivity index is 3.00. The summed E-state index contributed by atoms with van der Waals surface area (Å²) < 4.78 is 0. The van der Waals surface area contributed by atoms with Gasteiger partial charge in [0.25, 0.3) is 0 Å². The van der Waals surface area contributed by atoms with Crippen molar-refractivity contribution in [3.8, 4) is 0 Å². The Morgan fingerprint density at radius 1 is 1.13 bits per heavy atom. The number of allylic oxidation sites excluding steroid dienone is 5. The van der Waals surface area contributed by atoms with E-state index in [9.17, 15) is 0 Å². The Bertz CT molecular complexity index is 404. The van der Waals surface area contributed by atoms with E-state index in [1.54, 1.807) is 12.2 Å².